The van der Waals surface area contributed by atoms with Gasteiger partial charge < -0.3 is 9.47 Å². The molecule has 7 nitrogen and oxygen atoms in total. The molecule has 2 aliphatic heterocycles. The molecule has 3 heterocycles. The fourth-order valence-electron chi connectivity index (χ4n) is 3.87. The Bertz CT molecular complexity index is 1050. The van der Waals surface area contributed by atoms with Gasteiger partial charge in [0, 0.05) is 42.3 Å². The summed E-state index contributed by atoms with van der Waals surface area (Å²) in [5, 5.41) is 3.57. The largest absolute Gasteiger partial charge is 0.341 e. The van der Waals surface area contributed by atoms with Crippen molar-refractivity contribution in [3.63, 3.8) is 0 Å². The minimum atomic E-state index is -0.505. The molecule has 0 saturated carbocycles. The van der Waals surface area contributed by atoms with E-state index in [2.05, 4.69) is 5.32 Å². The topological polar surface area (TPSA) is 74.7 Å². The lowest BCUT2D eigenvalue weighted by atomic mass is 10.1. The lowest BCUT2D eigenvalue weighted by molar-refractivity contribution is -0.131. The van der Waals surface area contributed by atoms with E-state index in [0.717, 1.165) is 42.4 Å². The van der Waals surface area contributed by atoms with E-state index < -0.39 is 11.8 Å². The Balaban J connectivity index is 1.71. The number of hydrogen-bond donors (Lipinski definition) is 1. The summed E-state index contributed by atoms with van der Waals surface area (Å²) in [6, 6.07) is 7.66. The Labute approximate surface area is 173 Å². The lowest BCUT2D eigenvalue weighted by Crippen LogP contribution is -2.53. The fourth-order valence-corrected chi connectivity index (χ4v) is 4.17. The van der Waals surface area contributed by atoms with Gasteiger partial charge in [0.25, 0.3) is 11.8 Å². The van der Waals surface area contributed by atoms with Gasteiger partial charge in [-0.3, -0.25) is 24.6 Å². The number of nitrogens with zero attached hydrogens (tertiary/aromatic N) is 3. The second kappa shape index (κ2) is 7.79. The maximum atomic E-state index is 12.7. The van der Waals surface area contributed by atoms with Crippen LogP contribution < -0.4 is 5.32 Å². The van der Waals surface area contributed by atoms with Crippen molar-refractivity contribution in [1.29, 1.82) is 0 Å². The Morgan fingerprint density at radius 2 is 1.93 bits per heavy atom. The highest BCUT2D eigenvalue weighted by Gasteiger charge is 2.32. The number of aromatic nitrogens is 1. The van der Waals surface area contributed by atoms with Crippen LogP contribution in [-0.4, -0.2) is 56.8 Å². The van der Waals surface area contributed by atoms with Gasteiger partial charge in [-0.1, -0.05) is 18.2 Å². The second-order valence-corrected chi connectivity index (χ2v) is 7.57. The van der Waals surface area contributed by atoms with E-state index in [1.807, 2.05) is 39.9 Å². The molecule has 150 valence electrons. The number of likely N-dealkylation sites (tertiary alicyclic amines) is 1. The van der Waals surface area contributed by atoms with Gasteiger partial charge in [-0.25, -0.2) is 0 Å². The standard InChI is InChI=1S/C21H22N4O3S/c1-2-25-20(28)16(19(27)22-21(25)29)11-14-12-24(17-8-4-3-7-15(14)17)13-18(26)23-9-5-6-10-23/h3-4,7-8,11-12H,2,5-6,9-10,13H2,1H3,(H,22,27,29)/b16-11+. The van der Waals surface area contributed by atoms with Crippen molar-refractivity contribution in [2.24, 2.45) is 0 Å². The monoisotopic (exact) mass is 410 g/mol. The quantitative estimate of drug-likeness (QED) is 0.475. The second-order valence-electron chi connectivity index (χ2n) is 7.18. The fraction of sp³-hybridized carbons (Fsp3) is 0.333. The molecule has 29 heavy (non-hydrogen) atoms. The molecule has 1 N–H and O–H groups in total. The van der Waals surface area contributed by atoms with E-state index in [4.69, 9.17) is 12.2 Å². The number of likely N-dealkylation sites (N-methyl/N-ethyl adjacent to an activating group) is 1. The SMILES string of the molecule is CCN1C(=O)/C(=C/c2cn(CC(=O)N3CCCC3)c3ccccc23)C(=O)NC1=S. The molecule has 2 saturated heterocycles. The Hall–Kier alpha value is -3.00. The van der Waals surface area contributed by atoms with Gasteiger partial charge in [0.05, 0.1) is 0 Å². The van der Waals surface area contributed by atoms with Gasteiger partial charge in [-0.05, 0) is 44.1 Å². The number of thiocarbonyl (C=S) groups is 1. The summed E-state index contributed by atoms with van der Waals surface area (Å²) in [4.78, 5) is 41.0. The molecule has 1 aromatic carbocycles. The summed E-state index contributed by atoms with van der Waals surface area (Å²) >= 11 is 5.08. The summed E-state index contributed by atoms with van der Waals surface area (Å²) in [6.07, 6.45) is 5.50. The Morgan fingerprint density at radius 1 is 1.21 bits per heavy atom. The van der Waals surface area contributed by atoms with Crippen molar-refractivity contribution < 1.29 is 14.4 Å². The number of hydrogen-bond acceptors (Lipinski definition) is 4. The Morgan fingerprint density at radius 3 is 2.66 bits per heavy atom. The van der Waals surface area contributed by atoms with Crippen molar-refractivity contribution in [2.75, 3.05) is 19.6 Å². The lowest BCUT2D eigenvalue weighted by Gasteiger charge is -2.27. The summed E-state index contributed by atoms with van der Waals surface area (Å²) < 4.78 is 1.88. The number of fused-ring (bicyclic) bond motifs is 1. The van der Waals surface area contributed by atoms with Crippen molar-refractivity contribution in [3.8, 4) is 0 Å². The van der Waals surface area contributed by atoms with Crippen molar-refractivity contribution >= 4 is 52.0 Å². The molecule has 0 bridgehead atoms. The van der Waals surface area contributed by atoms with Crippen LogP contribution in [0.2, 0.25) is 0 Å². The van der Waals surface area contributed by atoms with Gasteiger partial charge in [-0.2, -0.15) is 0 Å². The zero-order chi connectivity index (χ0) is 20.5. The van der Waals surface area contributed by atoms with Crippen LogP contribution in [0, 0.1) is 0 Å². The van der Waals surface area contributed by atoms with E-state index in [1.54, 1.807) is 13.0 Å². The molecule has 4 rings (SSSR count). The van der Waals surface area contributed by atoms with Gasteiger partial charge >= 0.3 is 0 Å². The van der Waals surface area contributed by atoms with Crippen LogP contribution in [-0.2, 0) is 20.9 Å². The average Bonchev–Trinajstić information content (AvgIpc) is 3.34. The van der Waals surface area contributed by atoms with Gasteiger partial charge in [0.15, 0.2) is 5.11 Å². The predicted octanol–water partition coefficient (Wildman–Crippen LogP) is 1.91. The van der Waals surface area contributed by atoms with Crippen molar-refractivity contribution in [1.82, 2.24) is 19.7 Å². The minimum Gasteiger partial charge on any atom is -0.341 e. The normalized spacial score (nSPS) is 18.8. The summed E-state index contributed by atoms with van der Waals surface area (Å²) in [5.41, 5.74) is 1.64. The number of para-hydroxylation sites is 1. The van der Waals surface area contributed by atoms with E-state index in [-0.39, 0.29) is 23.1 Å². The molecule has 0 atom stereocenters. The molecule has 2 fully saturated rings. The molecule has 0 unspecified atom stereocenters. The first-order valence-electron chi connectivity index (χ1n) is 9.74. The van der Waals surface area contributed by atoms with Crippen molar-refractivity contribution in [3.05, 3.63) is 41.6 Å². The highest BCUT2D eigenvalue weighted by molar-refractivity contribution is 7.80. The number of nitrogens with one attached hydrogen (secondary N) is 1. The summed E-state index contributed by atoms with van der Waals surface area (Å²) in [5.74, 6) is -0.836. The van der Waals surface area contributed by atoms with Gasteiger partial charge in [0.1, 0.15) is 12.1 Å². The third kappa shape index (κ3) is 3.55. The van der Waals surface area contributed by atoms with Crippen LogP contribution in [0.4, 0.5) is 0 Å². The molecule has 8 heteroatoms. The van der Waals surface area contributed by atoms with E-state index in [1.165, 1.54) is 4.90 Å². The van der Waals surface area contributed by atoms with Gasteiger partial charge in [-0.15, -0.1) is 0 Å². The first-order valence-corrected chi connectivity index (χ1v) is 10.1. The molecule has 3 amide bonds. The average molecular weight is 410 g/mol. The first-order chi connectivity index (χ1) is 14.0. The van der Waals surface area contributed by atoms with Crippen LogP contribution in [0.5, 0.6) is 0 Å². The van der Waals surface area contributed by atoms with Crippen LogP contribution in [0.15, 0.2) is 36.0 Å². The zero-order valence-electron chi connectivity index (χ0n) is 16.2. The zero-order valence-corrected chi connectivity index (χ0v) is 17.0. The molecule has 0 radical (unpaired) electrons. The summed E-state index contributed by atoms with van der Waals surface area (Å²) in [7, 11) is 0. The number of rotatable bonds is 4. The maximum Gasteiger partial charge on any atom is 0.265 e. The third-order valence-electron chi connectivity index (χ3n) is 5.39. The molecule has 0 aliphatic carbocycles. The minimum absolute atomic E-state index is 0.0363. The van der Waals surface area contributed by atoms with Gasteiger partial charge in [0.2, 0.25) is 5.91 Å². The number of amides is 3. The van der Waals surface area contributed by atoms with Crippen LogP contribution in [0.25, 0.3) is 17.0 Å². The number of carbonyl (C=O) groups is 3. The van der Waals surface area contributed by atoms with Crippen LogP contribution in [0.1, 0.15) is 25.3 Å². The smallest absolute Gasteiger partial charge is 0.265 e. The summed E-state index contributed by atoms with van der Waals surface area (Å²) in [6.45, 7) is 4.01. The molecule has 0 spiro atoms. The maximum absolute atomic E-state index is 12.7. The van der Waals surface area contributed by atoms with Crippen LogP contribution in [0.3, 0.4) is 0 Å². The van der Waals surface area contributed by atoms with E-state index >= 15 is 0 Å². The Kier molecular flexibility index (Phi) is 5.19. The molecule has 2 aliphatic rings. The number of benzene rings is 1. The van der Waals surface area contributed by atoms with E-state index in [0.29, 0.717) is 6.54 Å². The molecular formula is C21H22N4O3S. The van der Waals surface area contributed by atoms with E-state index in [9.17, 15) is 14.4 Å². The highest BCUT2D eigenvalue weighted by Crippen LogP contribution is 2.25. The third-order valence-corrected chi connectivity index (χ3v) is 5.71. The molecule has 2 aromatic rings. The van der Waals surface area contributed by atoms with Crippen molar-refractivity contribution in [2.45, 2.75) is 26.3 Å². The first kappa shape index (κ1) is 19.3. The molecular weight excluding hydrogens is 388 g/mol. The highest BCUT2D eigenvalue weighted by atomic mass is 32.1. The molecule has 1 aromatic heterocycles. The predicted molar refractivity (Wildman–Crippen MR) is 114 cm³/mol. The van der Waals surface area contributed by atoms with Crippen LogP contribution >= 0.6 is 12.2 Å². The number of carbonyl (C=O) groups excluding carboxylic acids is 3.